The third-order valence-corrected chi connectivity index (χ3v) is 5.66. The van der Waals surface area contributed by atoms with Crippen LogP contribution in [-0.4, -0.2) is 34.0 Å². The van der Waals surface area contributed by atoms with Crippen molar-refractivity contribution < 1.29 is 13.3 Å². The molecule has 1 N–H and O–H groups in total. The fourth-order valence-corrected chi connectivity index (χ4v) is 3.87. The Bertz CT molecular complexity index is 878. The van der Waals surface area contributed by atoms with Crippen LogP contribution < -0.4 is 9.62 Å². The topological polar surface area (TPSA) is 92.5 Å². The first kappa shape index (κ1) is 19.9. The predicted molar refractivity (Wildman–Crippen MR) is 102 cm³/mol. The van der Waals surface area contributed by atoms with Gasteiger partial charge in [0.2, 0.25) is 10.0 Å². The molecule has 0 aromatic heterocycles. The Balaban J connectivity index is 1.96. The van der Waals surface area contributed by atoms with Crippen LogP contribution in [0, 0.1) is 17.0 Å². The standard InChI is InChI=1S/C18H23N3O4S/c1-14-6-9-17(21(22)23)13-18(14)26(24,25)19-12-4-5-15-7-10-16(11-8-15)20(2)3/h6-11,13,19H,4-5,12H2,1-3H3. The first-order chi connectivity index (χ1) is 12.2. The van der Waals surface area contributed by atoms with Gasteiger partial charge in [0.05, 0.1) is 9.82 Å². The van der Waals surface area contributed by atoms with E-state index in [4.69, 9.17) is 0 Å². The van der Waals surface area contributed by atoms with Gasteiger partial charge in [0.25, 0.3) is 5.69 Å². The van der Waals surface area contributed by atoms with Crippen molar-refractivity contribution in [3.8, 4) is 0 Å². The summed E-state index contributed by atoms with van der Waals surface area (Å²) in [5.41, 5.74) is 2.47. The quantitative estimate of drug-likeness (QED) is 0.434. The van der Waals surface area contributed by atoms with E-state index < -0.39 is 14.9 Å². The van der Waals surface area contributed by atoms with E-state index >= 15 is 0 Å². The number of non-ortho nitro benzene ring substituents is 1. The van der Waals surface area contributed by atoms with E-state index in [0.717, 1.165) is 23.7 Å². The molecule has 0 aliphatic carbocycles. The molecule has 0 fully saturated rings. The zero-order chi connectivity index (χ0) is 19.3. The van der Waals surface area contributed by atoms with Crippen LogP contribution in [0.25, 0.3) is 0 Å². The van der Waals surface area contributed by atoms with Crippen molar-refractivity contribution in [1.29, 1.82) is 0 Å². The van der Waals surface area contributed by atoms with Crippen molar-refractivity contribution in [1.82, 2.24) is 4.72 Å². The summed E-state index contributed by atoms with van der Waals surface area (Å²) >= 11 is 0. The van der Waals surface area contributed by atoms with Crippen LogP contribution in [0.3, 0.4) is 0 Å². The van der Waals surface area contributed by atoms with E-state index in [1.165, 1.54) is 12.1 Å². The lowest BCUT2D eigenvalue weighted by atomic mass is 10.1. The van der Waals surface area contributed by atoms with E-state index in [0.29, 0.717) is 12.0 Å². The van der Waals surface area contributed by atoms with Gasteiger partial charge in [-0.05, 0) is 43.0 Å². The van der Waals surface area contributed by atoms with Crippen LogP contribution in [0.2, 0.25) is 0 Å². The molecule has 0 heterocycles. The number of nitro groups is 1. The molecule has 0 saturated carbocycles. The number of rotatable bonds is 8. The SMILES string of the molecule is Cc1ccc([N+](=O)[O-])cc1S(=O)(=O)NCCCc1ccc(N(C)C)cc1. The summed E-state index contributed by atoms with van der Waals surface area (Å²) in [6.45, 7) is 1.88. The fraction of sp³-hybridized carbons (Fsp3) is 0.333. The van der Waals surface area contributed by atoms with Crippen LogP contribution in [-0.2, 0) is 16.4 Å². The molecule has 7 nitrogen and oxygen atoms in total. The Kier molecular flexibility index (Phi) is 6.33. The molecule has 0 saturated heterocycles. The summed E-state index contributed by atoms with van der Waals surface area (Å²) < 4.78 is 27.4. The molecule has 0 atom stereocenters. The van der Waals surface area contributed by atoms with Crippen LogP contribution in [0.15, 0.2) is 47.4 Å². The van der Waals surface area contributed by atoms with Crippen molar-refractivity contribution in [2.45, 2.75) is 24.7 Å². The molecule has 0 aliphatic heterocycles. The van der Waals surface area contributed by atoms with Gasteiger partial charge in [-0.3, -0.25) is 10.1 Å². The molecule has 26 heavy (non-hydrogen) atoms. The summed E-state index contributed by atoms with van der Waals surface area (Å²) in [5, 5.41) is 10.9. The Hall–Kier alpha value is -2.45. The number of aryl methyl sites for hydroxylation is 2. The highest BCUT2D eigenvalue weighted by Gasteiger charge is 2.19. The third-order valence-electron chi connectivity index (χ3n) is 4.06. The number of hydrogen-bond donors (Lipinski definition) is 1. The third kappa shape index (κ3) is 5.03. The number of nitro benzene ring substituents is 1. The van der Waals surface area contributed by atoms with Crippen molar-refractivity contribution >= 4 is 21.4 Å². The highest BCUT2D eigenvalue weighted by molar-refractivity contribution is 7.89. The zero-order valence-corrected chi connectivity index (χ0v) is 15.9. The van der Waals surface area contributed by atoms with E-state index in [2.05, 4.69) is 4.72 Å². The largest absolute Gasteiger partial charge is 0.378 e. The van der Waals surface area contributed by atoms with Gasteiger partial charge in [0, 0.05) is 38.5 Å². The average Bonchev–Trinajstić information content (AvgIpc) is 2.59. The molecular weight excluding hydrogens is 354 g/mol. The fourth-order valence-electron chi connectivity index (χ4n) is 2.53. The highest BCUT2D eigenvalue weighted by atomic mass is 32.2. The molecular formula is C18H23N3O4S. The maximum atomic E-state index is 12.4. The van der Waals surface area contributed by atoms with Crippen molar-refractivity contribution in [3.05, 3.63) is 63.7 Å². The van der Waals surface area contributed by atoms with Gasteiger partial charge in [-0.15, -0.1) is 0 Å². The minimum Gasteiger partial charge on any atom is -0.378 e. The molecule has 0 radical (unpaired) electrons. The number of sulfonamides is 1. The number of nitrogens with zero attached hydrogens (tertiary/aromatic N) is 2. The summed E-state index contributed by atoms with van der Waals surface area (Å²) in [6.07, 6.45) is 1.37. The van der Waals surface area contributed by atoms with Gasteiger partial charge in [0.15, 0.2) is 0 Å². The number of benzene rings is 2. The Morgan fingerprint density at radius 2 is 1.77 bits per heavy atom. The van der Waals surface area contributed by atoms with E-state index in [1.807, 2.05) is 43.3 Å². The summed E-state index contributed by atoms with van der Waals surface area (Å²) in [7, 11) is 0.163. The minimum atomic E-state index is -3.78. The van der Waals surface area contributed by atoms with E-state index in [-0.39, 0.29) is 17.1 Å². The predicted octanol–water partition coefficient (Wildman–Crippen LogP) is 2.88. The monoisotopic (exact) mass is 377 g/mol. The summed E-state index contributed by atoms with van der Waals surface area (Å²) in [5.74, 6) is 0. The van der Waals surface area contributed by atoms with Crippen molar-refractivity contribution in [2.24, 2.45) is 0 Å². The lowest BCUT2D eigenvalue weighted by Crippen LogP contribution is -2.26. The second kappa shape index (κ2) is 8.29. The average molecular weight is 377 g/mol. The van der Waals surface area contributed by atoms with Gasteiger partial charge in [-0.25, -0.2) is 13.1 Å². The molecule has 0 aliphatic rings. The maximum absolute atomic E-state index is 12.4. The first-order valence-corrected chi connectivity index (χ1v) is 9.70. The van der Waals surface area contributed by atoms with E-state index in [1.54, 1.807) is 6.92 Å². The summed E-state index contributed by atoms with van der Waals surface area (Å²) in [6, 6.07) is 11.9. The molecule has 140 valence electrons. The molecule has 2 rings (SSSR count). The summed E-state index contributed by atoms with van der Waals surface area (Å²) in [4.78, 5) is 12.2. The number of hydrogen-bond acceptors (Lipinski definition) is 5. The lowest BCUT2D eigenvalue weighted by Gasteiger charge is -2.13. The molecule has 8 heteroatoms. The molecule has 0 bridgehead atoms. The Morgan fingerprint density at radius 3 is 2.35 bits per heavy atom. The van der Waals surface area contributed by atoms with E-state index in [9.17, 15) is 18.5 Å². The Labute approximate surface area is 153 Å². The molecule has 2 aromatic rings. The van der Waals surface area contributed by atoms with Crippen molar-refractivity contribution in [3.63, 3.8) is 0 Å². The number of anilines is 1. The highest BCUT2D eigenvalue weighted by Crippen LogP contribution is 2.21. The van der Waals surface area contributed by atoms with Gasteiger partial charge < -0.3 is 4.90 Å². The van der Waals surface area contributed by atoms with Crippen LogP contribution in [0.4, 0.5) is 11.4 Å². The second-order valence-electron chi connectivity index (χ2n) is 6.27. The normalized spacial score (nSPS) is 11.3. The molecule has 0 spiro atoms. The van der Waals surface area contributed by atoms with Crippen LogP contribution in [0.1, 0.15) is 17.5 Å². The van der Waals surface area contributed by atoms with Gasteiger partial charge in [-0.2, -0.15) is 0 Å². The van der Waals surface area contributed by atoms with Crippen LogP contribution >= 0.6 is 0 Å². The van der Waals surface area contributed by atoms with Crippen molar-refractivity contribution in [2.75, 3.05) is 25.5 Å². The lowest BCUT2D eigenvalue weighted by molar-refractivity contribution is -0.385. The van der Waals surface area contributed by atoms with Crippen LogP contribution in [0.5, 0.6) is 0 Å². The van der Waals surface area contributed by atoms with Gasteiger partial charge in [-0.1, -0.05) is 18.2 Å². The number of nitrogens with one attached hydrogen (secondary N) is 1. The Morgan fingerprint density at radius 1 is 1.12 bits per heavy atom. The maximum Gasteiger partial charge on any atom is 0.270 e. The molecule has 0 amide bonds. The zero-order valence-electron chi connectivity index (χ0n) is 15.1. The second-order valence-corrected chi connectivity index (χ2v) is 8.00. The molecule has 2 aromatic carbocycles. The smallest absolute Gasteiger partial charge is 0.270 e. The minimum absolute atomic E-state index is 0.0537. The molecule has 0 unspecified atom stereocenters. The van der Waals surface area contributed by atoms with Gasteiger partial charge >= 0.3 is 0 Å². The van der Waals surface area contributed by atoms with Gasteiger partial charge in [0.1, 0.15) is 0 Å². The first-order valence-electron chi connectivity index (χ1n) is 8.21.